The van der Waals surface area contributed by atoms with Crippen LogP contribution >= 0.6 is 0 Å². The zero-order valence-corrected chi connectivity index (χ0v) is 11.6. The van der Waals surface area contributed by atoms with E-state index in [1.54, 1.807) is 7.11 Å². The third-order valence-corrected chi connectivity index (χ3v) is 3.43. The summed E-state index contributed by atoms with van der Waals surface area (Å²) in [4.78, 5) is 0. The van der Waals surface area contributed by atoms with Gasteiger partial charge in [-0.05, 0) is 31.5 Å². The molecule has 0 fully saturated rings. The van der Waals surface area contributed by atoms with Crippen LogP contribution in [0.4, 0.5) is 0 Å². The van der Waals surface area contributed by atoms with Gasteiger partial charge in [0.2, 0.25) is 0 Å². The summed E-state index contributed by atoms with van der Waals surface area (Å²) in [5, 5.41) is 3.38. The highest BCUT2D eigenvalue weighted by Crippen LogP contribution is 2.27. The van der Waals surface area contributed by atoms with Gasteiger partial charge in [0, 0.05) is 11.6 Å². The van der Waals surface area contributed by atoms with E-state index in [0.29, 0.717) is 6.04 Å². The minimum absolute atomic E-state index is 0.316. The highest BCUT2D eigenvalue weighted by Gasteiger charge is 2.13. The molecule has 0 radical (unpaired) electrons. The van der Waals surface area contributed by atoms with Gasteiger partial charge in [0.25, 0.3) is 0 Å². The Labute approximate surface area is 115 Å². The predicted octanol–water partition coefficient (Wildman–Crippen LogP) is 3.59. The van der Waals surface area contributed by atoms with Crippen LogP contribution in [-0.4, -0.2) is 14.2 Å². The van der Waals surface area contributed by atoms with Gasteiger partial charge in [-0.25, -0.2) is 0 Å². The Morgan fingerprint density at radius 3 is 2.37 bits per heavy atom. The molecule has 0 bridgehead atoms. The van der Waals surface area contributed by atoms with Crippen molar-refractivity contribution in [1.29, 1.82) is 0 Å². The fourth-order valence-corrected chi connectivity index (χ4v) is 2.37. The Morgan fingerprint density at radius 2 is 1.68 bits per heavy atom. The van der Waals surface area contributed by atoms with Crippen LogP contribution in [-0.2, 0) is 6.42 Å². The molecule has 0 aliphatic rings. The quantitative estimate of drug-likeness (QED) is 0.851. The number of hydrogen-bond donors (Lipinski definition) is 1. The van der Waals surface area contributed by atoms with E-state index < -0.39 is 0 Å². The largest absolute Gasteiger partial charge is 0.496 e. The van der Waals surface area contributed by atoms with Gasteiger partial charge in [-0.3, -0.25) is 0 Å². The summed E-state index contributed by atoms with van der Waals surface area (Å²) in [5.41, 5.74) is 2.60. The highest BCUT2D eigenvalue weighted by molar-refractivity contribution is 5.36. The summed E-state index contributed by atoms with van der Waals surface area (Å²) < 4.78 is 5.44. The van der Waals surface area contributed by atoms with Crippen molar-refractivity contribution in [3.63, 3.8) is 0 Å². The number of methoxy groups -OCH3 is 1. The molecule has 0 heterocycles. The van der Waals surface area contributed by atoms with Gasteiger partial charge in [-0.15, -0.1) is 0 Å². The lowest BCUT2D eigenvalue weighted by Gasteiger charge is -2.19. The lowest BCUT2D eigenvalue weighted by molar-refractivity contribution is 0.399. The number of ether oxygens (including phenoxy) is 1. The molecule has 1 N–H and O–H groups in total. The molecule has 0 saturated carbocycles. The molecule has 1 unspecified atom stereocenters. The van der Waals surface area contributed by atoms with Crippen molar-refractivity contribution >= 4 is 0 Å². The summed E-state index contributed by atoms with van der Waals surface area (Å²) >= 11 is 0. The Kier molecular flexibility index (Phi) is 4.99. The molecule has 19 heavy (non-hydrogen) atoms. The van der Waals surface area contributed by atoms with E-state index in [9.17, 15) is 0 Å². The number of hydrogen-bond acceptors (Lipinski definition) is 2. The van der Waals surface area contributed by atoms with Crippen molar-refractivity contribution in [2.45, 2.75) is 18.9 Å². The van der Waals surface area contributed by atoms with Crippen molar-refractivity contribution in [3.05, 3.63) is 65.7 Å². The molecule has 2 aromatic carbocycles. The van der Waals surface area contributed by atoms with E-state index in [-0.39, 0.29) is 0 Å². The lowest BCUT2D eigenvalue weighted by Crippen LogP contribution is -2.17. The zero-order chi connectivity index (χ0) is 13.5. The standard InChI is InChI=1S/C17H21NO/c1-18-16(13-12-14-8-4-3-5-9-14)15-10-6-7-11-17(15)19-2/h3-11,16,18H,12-13H2,1-2H3. The summed E-state index contributed by atoms with van der Waals surface area (Å²) in [5.74, 6) is 0.954. The van der Waals surface area contributed by atoms with E-state index in [4.69, 9.17) is 4.74 Å². The first-order chi connectivity index (χ1) is 9.35. The summed E-state index contributed by atoms with van der Waals surface area (Å²) in [6, 6.07) is 19.1. The highest BCUT2D eigenvalue weighted by atomic mass is 16.5. The van der Waals surface area contributed by atoms with Gasteiger partial charge in [0.15, 0.2) is 0 Å². The van der Waals surface area contributed by atoms with Gasteiger partial charge >= 0.3 is 0 Å². The van der Waals surface area contributed by atoms with E-state index in [1.165, 1.54) is 11.1 Å². The molecular formula is C17H21NO. The maximum absolute atomic E-state index is 5.44. The van der Waals surface area contributed by atoms with E-state index >= 15 is 0 Å². The molecular weight excluding hydrogens is 234 g/mol. The SMILES string of the molecule is CNC(CCc1ccccc1)c1ccccc1OC. The number of rotatable bonds is 6. The van der Waals surface area contributed by atoms with Crippen LogP contribution in [0.3, 0.4) is 0 Å². The molecule has 0 aliphatic heterocycles. The molecule has 2 aromatic rings. The van der Waals surface area contributed by atoms with Crippen LogP contribution in [0, 0.1) is 0 Å². The van der Waals surface area contributed by atoms with Gasteiger partial charge in [-0.2, -0.15) is 0 Å². The first-order valence-corrected chi connectivity index (χ1v) is 6.69. The molecule has 0 aliphatic carbocycles. The average Bonchev–Trinajstić information content (AvgIpc) is 2.49. The van der Waals surface area contributed by atoms with E-state index in [1.807, 2.05) is 19.2 Å². The lowest BCUT2D eigenvalue weighted by atomic mass is 9.98. The second-order valence-electron chi connectivity index (χ2n) is 4.61. The fraction of sp³-hybridized carbons (Fsp3) is 0.294. The molecule has 0 spiro atoms. The Hall–Kier alpha value is -1.80. The monoisotopic (exact) mass is 255 g/mol. The first kappa shape index (κ1) is 13.6. The van der Waals surface area contributed by atoms with Crippen LogP contribution < -0.4 is 10.1 Å². The van der Waals surface area contributed by atoms with E-state index in [0.717, 1.165) is 18.6 Å². The summed E-state index contributed by atoms with van der Waals surface area (Å²) in [7, 11) is 3.73. The Morgan fingerprint density at radius 1 is 1.00 bits per heavy atom. The van der Waals surface area contributed by atoms with Crippen LogP contribution in [0.5, 0.6) is 5.75 Å². The molecule has 0 amide bonds. The summed E-state index contributed by atoms with van der Waals surface area (Å²) in [6.07, 6.45) is 2.12. The Balaban J connectivity index is 2.08. The summed E-state index contributed by atoms with van der Waals surface area (Å²) in [6.45, 7) is 0. The molecule has 0 aromatic heterocycles. The smallest absolute Gasteiger partial charge is 0.123 e. The number of aryl methyl sites for hydroxylation is 1. The Bertz CT molecular complexity index is 496. The third-order valence-electron chi connectivity index (χ3n) is 3.43. The van der Waals surface area contributed by atoms with E-state index in [2.05, 4.69) is 47.8 Å². The minimum Gasteiger partial charge on any atom is -0.496 e. The third kappa shape index (κ3) is 3.58. The van der Waals surface area contributed by atoms with Gasteiger partial charge < -0.3 is 10.1 Å². The van der Waals surface area contributed by atoms with Crippen LogP contribution in [0.15, 0.2) is 54.6 Å². The van der Waals surface area contributed by atoms with Crippen molar-refractivity contribution in [2.75, 3.05) is 14.2 Å². The average molecular weight is 255 g/mol. The molecule has 0 saturated heterocycles. The topological polar surface area (TPSA) is 21.3 Å². The van der Waals surface area contributed by atoms with Gasteiger partial charge in [0.1, 0.15) is 5.75 Å². The molecule has 1 atom stereocenters. The van der Waals surface area contributed by atoms with Crippen molar-refractivity contribution in [3.8, 4) is 5.75 Å². The fourth-order valence-electron chi connectivity index (χ4n) is 2.37. The number of nitrogens with one attached hydrogen (secondary N) is 1. The first-order valence-electron chi connectivity index (χ1n) is 6.69. The zero-order valence-electron chi connectivity index (χ0n) is 11.6. The van der Waals surface area contributed by atoms with Crippen molar-refractivity contribution in [1.82, 2.24) is 5.32 Å². The molecule has 2 nitrogen and oxygen atoms in total. The molecule has 2 rings (SSSR count). The second-order valence-corrected chi connectivity index (χ2v) is 4.61. The van der Waals surface area contributed by atoms with Crippen LogP contribution in [0.2, 0.25) is 0 Å². The normalized spacial score (nSPS) is 12.1. The molecule has 100 valence electrons. The van der Waals surface area contributed by atoms with Crippen molar-refractivity contribution in [2.24, 2.45) is 0 Å². The maximum atomic E-state index is 5.44. The van der Waals surface area contributed by atoms with Crippen molar-refractivity contribution < 1.29 is 4.74 Å². The molecule has 2 heteroatoms. The van der Waals surface area contributed by atoms with Gasteiger partial charge in [-0.1, -0.05) is 48.5 Å². The maximum Gasteiger partial charge on any atom is 0.123 e. The number of benzene rings is 2. The predicted molar refractivity (Wildman–Crippen MR) is 79.6 cm³/mol. The minimum atomic E-state index is 0.316. The van der Waals surface area contributed by atoms with Crippen LogP contribution in [0.1, 0.15) is 23.6 Å². The second kappa shape index (κ2) is 6.95. The number of para-hydroxylation sites is 1. The van der Waals surface area contributed by atoms with Crippen LogP contribution in [0.25, 0.3) is 0 Å². The van der Waals surface area contributed by atoms with Gasteiger partial charge in [0.05, 0.1) is 7.11 Å².